The lowest BCUT2D eigenvalue weighted by atomic mass is 10.0. The highest BCUT2D eigenvalue weighted by Gasteiger charge is 2.25. The van der Waals surface area contributed by atoms with Gasteiger partial charge in [0.15, 0.2) is 6.10 Å². The Morgan fingerprint density at radius 3 is 0.860 bits per heavy atom. The number of likely N-dealkylation sites (N-methyl/N-ethyl adjacent to an activating group) is 1. The largest absolute Gasteiger partial charge is 0.477 e. The van der Waals surface area contributed by atoms with Crippen LogP contribution in [0, 0.1) is 0 Å². The molecule has 0 bridgehead atoms. The topological polar surface area (TPSA) is 108 Å². The predicted molar refractivity (Wildman–Crippen MR) is 400 cm³/mol. The fraction of sp³-hybridized carbons (Fsp3) is 0.679. The molecule has 1 N–H and O–H groups in total. The Labute approximate surface area is 572 Å². The number of aliphatic carboxylic acids is 1. The van der Waals surface area contributed by atoms with Gasteiger partial charge in [0.05, 0.1) is 34.4 Å². The number of rotatable bonds is 69. The highest BCUT2D eigenvalue weighted by molar-refractivity contribution is 5.71. The average Bonchev–Trinajstić information content (AvgIpc) is 3.38. The minimum Gasteiger partial charge on any atom is -0.477 e. The van der Waals surface area contributed by atoms with Gasteiger partial charge in [0.2, 0.25) is 0 Å². The molecule has 0 aliphatic carbocycles. The number of carbonyl (C=O) groups excluding carboxylic acids is 2. The summed E-state index contributed by atoms with van der Waals surface area (Å²) in [4.78, 5) is 37.7. The molecule has 0 radical (unpaired) electrons. The van der Waals surface area contributed by atoms with Gasteiger partial charge < -0.3 is 28.5 Å². The third-order valence-electron chi connectivity index (χ3n) is 16.1. The van der Waals surface area contributed by atoms with Gasteiger partial charge in [-0.3, -0.25) is 9.59 Å². The molecule has 0 amide bonds. The van der Waals surface area contributed by atoms with E-state index in [1.165, 1.54) is 148 Å². The van der Waals surface area contributed by atoms with Crippen LogP contribution in [0.25, 0.3) is 0 Å². The number of carbonyl (C=O) groups is 3. The molecule has 0 aromatic carbocycles. The fourth-order valence-corrected chi connectivity index (χ4v) is 10.4. The lowest BCUT2D eigenvalue weighted by molar-refractivity contribution is -0.870. The summed E-state index contributed by atoms with van der Waals surface area (Å²) in [5.41, 5.74) is 0. The van der Waals surface area contributed by atoms with Gasteiger partial charge in [-0.2, -0.15) is 0 Å². The van der Waals surface area contributed by atoms with Crippen molar-refractivity contribution in [2.24, 2.45) is 0 Å². The molecule has 0 rings (SSSR count). The standard InChI is InChI=1S/C84H141NO8/c1-6-8-10-12-14-16-18-20-22-24-26-28-30-32-34-35-36-37-38-39-40-41-42-43-44-45-46-47-49-50-52-54-56-58-60-62-64-66-68-70-72-74-81(86)91-78-80(79-92-84(83(88)89)90-77-76-85(3,4)5)93-82(87)75-73-71-69-67-65-63-61-59-57-55-53-51-48-33-31-29-27-25-23-21-19-17-15-13-11-9-7-2/h8-11,14-17,20-23,26-29,32-34,48,53,55,59,61,80,84H,6-7,12-13,18-19,24-25,30-31,35-47,49-52,54,56-58,60,62-79H2,1-5H3/p+1/b10-8-,11-9-,16-14-,17-15-,22-20-,23-21-,28-26-,29-27-,34-32-,48-33-,55-53-,61-59-. The van der Waals surface area contributed by atoms with Gasteiger partial charge in [-0.1, -0.05) is 327 Å². The van der Waals surface area contributed by atoms with E-state index in [0.717, 1.165) is 128 Å². The van der Waals surface area contributed by atoms with Gasteiger partial charge >= 0.3 is 17.9 Å². The molecule has 0 saturated heterocycles. The van der Waals surface area contributed by atoms with Gasteiger partial charge in [0.25, 0.3) is 6.29 Å². The second kappa shape index (κ2) is 73.0. The molecule has 2 unspecified atom stereocenters. The Morgan fingerprint density at radius 2 is 0.581 bits per heavy atom. The SMILES string of the molecule is CC/C=C\C/C=C\C/C=C\C/C=C\C/C=C\C/C=C\C/C=C\CCCCCCCC(=O)OC(COC(=O)CCCCCCCCCCCCCCCCCCCCCCCCCCC/C=C\C/C=C\C/C=C\C/C=C\C/C=C\CC)COC(OCC[N+](C)(C)C)C(=O)O. The van der Waals surface area contributed by atoms with Crippen molar-refractivity contribution in [2.45, 2.75) is 322 Å². The first kappa shape index (κ1) is 88.2. The molecular formula is C84H142NO8+. The molecule has 0 spiro atoms. The lowest BCUT2D eigenvalue weighted by Crippen LogP contribution is -2.40. The third kappa shape index (κ3) is 74.4. The second-order valence-electron chi connectivity index (χ2n) is 26.2. The first-order chi connectivity index (χ1) is 45.6. The maximum absolute atomic E-state index is 12.9. The molecule has 530 valence electrons. The number of carboxylic acid groups (broad SMARTS) is 1. The number of unbranched alkanes of at least 4 members (excludes halogenated alkanes) is 30. The van der Waals surface area contributed by atoms with E-state index in [1.54, 1.807) is 0 Å². The van der Waals surface area contributed by atoms with Gasteiger partial charge in [-0.15, -0.1) is 0 Å². The van der Waals surface area contributed by atoms with Crippen molar-refractivity contribution >= 4 is 17.9 Å². The lowest BCUT2D eigenvalue weighted by Gasteiger charge is -2.25. The first-order valence-electron chi connectivity index (χ1n) is 38.0. The van der Waals surface area contributed by atoms with Crippen LogP contribution in [0.2, 0.25) is 0 Å². The number of carboxylic acids is 1. The number of esters is 2. The maximum Gasteiger partial charge on any atom is 0.361 e. The number of hydrogen-bond acceptors (Lipinski definition) is 7. The van der Waals surface area contributed by atoms with Crippen LogP contribution in [-0.2, 0) is 33.3 Å². The average molecular weight is 1290 g/mol. The maximum atomic E-state index is 12.9. The van der Waals surface area contributed by atoms with Crippen LogP contribution in [0.4, 0.5) is 0 Å². The van der Waals surface area contributed by atoms with E-state index in [1.807, 2.05) is 21.1 Å². The highest BCUT2D eigenvalue weighted by Crippen LogP contribution is 2.18. The quantitative estimate of drug-likeness (QED) is 0.0211. The van der Waals surface area contributed by atoms with Gasteiger partial charge in [-0.25, -0.2) is 4.79 Å². The molecule has 9 nitrogen and oxygen atoms in total. The Morgan fingerprint density at radius 1 is 0.323 bits per heavy atom. The molecular weight excluding hydrogens is 1150 g/mol. The van der Waals surface area contributed by atoms with Crippen LogP contribution in [0.3, 0.4) is 0 Å². The minimum atomic E-state index is -1.52. The van der Waals surface area contributed by atoms with E-state index < -0.39 is 24.3 Å². The summed E-state index contributed by atoms with van der Waals surface area (Å²) in [5.74, 6) is -2.03. The molecule has 2 atom stereocenters. The summed E-state index contributed by atoms with van der Waals surface area (Å²) < 4.78 is 23.0. The molecule has 0 fully saturated rings. The molecule has 0 heterocycles. The minimum absolute atomic E-state index is 0.178. The number of ether oxygens (including phenoxy) is 4. The van der Waals surface area contributed by atoms with Crippen molar-refractivity contribution in [1.82, 2.24) is 0 Å². The summed E-state index contributed by atoms with van der Waals surface area (Å²) >= 11 is 0. The summed E-state index contributed by atoms with van der Waals surface area (Å²) in [5, 5.41) is 9.76. The van der Waals surface area contributed by atoms with Crippen molar-refractivity contribution in [3.8, 4) is 0 Å². The van der Waals surface area contributed by atoms with Crippen LogP contribution >= 0.6 is 0 Å². The second-order valence-corrected chi connectivity index (χ2v) is 26.2. The molecule has 0 aromatic heterocycles. The van der Waals surface area contributed by atoms with E-state index >= 15 is 0 Å². The van der Waals surface area contributed by atoms with Gasteiger partial charge in [0, 0.05) is 12.8 Å². The van der Waals surface area contributed by atoms with Crippen LogP contribution in [0.15, 0.2) is 146 Å². The highest BCUT2D eigenvalue weighted by atomic mass is 16.7. The number of quaternary nitrogens is 1. The van der Waals surface area contributed by atoms with Crippen LogP contribution in [0.5, 0.6) is 0 Å². The zero-order valence-electron chi connectivity index (χ0n) is 60.6. The smallest absolute Gasteiger partial charge is 0.361 e. The summed E-state index contributed by atoms with van der Waals surface area (Å²) in [6.45, 7) is 4.64. The van der Waals surface area contributed by atoms with E-state index in [-0.39, 0.29) is 32.2 Å². The van der Waals surface area contributed by atoms with Gasteiger partial charge in [0.1, 0.15) is 13.2 Å². The Balaban J connectivity index is 4.04. The number of allylic oxidation sites excluding steroid dienone is 24. The third-order valence-corrected chi connectivity index (χ3v) is 16.1. The van der Waals surface area contributed by atoms with Crippen LogP contribution in [-0.4, -0.2) is 87.4 Å². The molecule has 0 aromatic rings. The van der Waals surface area contributed by atoms with Crippen molar-refractivity contribution in [3.05, 3.63) is 146 Å². The Bertz CT molecular complexity index is 2040. The molecule has 0 aliphatic rings. The van der Waals surface area contributed by atoms with Crippen molar-refractivity contribution < 1.29 is 42.9 Å². The van der Waals surface area contributed by atoms with E-state index in [0.29, 0.717) is 23.9 Å². The zero-order chi connectivity index (χ0) is 67.5. The van der Waals surface area contributed by atoms with E-state index in [9.17, 15) is 19.5 Å². The van der Waals surface area contributed by atoms with E-state index in [4.69, 9.17) is 18.9 Å². The normalized spacial score (nSPS) is 13.5. The van der Waals surface area contributed by atoms with Crippen LogP contribution in [0.1, 0.15) is 309 Å². The summed E-state index contributed by atoms with van der Waals surface area (Å²) in [6, 6.07) is 0. The number of nitrogens with zero attached hydrogens (tertiary/aromatic N) is 1. The monoisotopic (exact) mass is 1290 g/mol. The predicted octanol–water partition coefficient (Wildman–Crippen LogP) is 24.3. The molecule has 0 aliphatic heterocycles. The zero-order valence-corrected chi connectivity index (χ0v) is 60.6. The molecule has 0 saturated carbocycles. The van der Waals surface area contributed by atoms with Crippen molar-refractivity contribution in [3.63, 3.8) is 0 Å². The van der Waals surface area contributed by atoms with Crippen LogP contribution < -0.4 is 0 Å². The number of hydrogen-bond donors (Lipinski definition) is 1. The first-order valence-corrected chi connectivity index (χ1v) is 38.0. The Hall–Kier alpha value is -4.83. The molecule has 93 heavy (non-hydrogen) atoms. The summed E-state index contributed by atoms with van der Waals surface area (Å²) in [7, 11) is 5.97. The summed E-state index contributed by atoms with van der Waals surface area (Å²) in [6.07, 6.45) is 104. The van der Waals surface area contributed by atoms with Crippen molar-refractivity contribution in [2.75, 3.05) is 47.5 Å². The van der Waals surface area contributed by atoms with Crippen molar-refractivity contribution in [1.29, 1.82) is 0 Å². The fourth-order valence-electron chi connectivity index (χ4n) is 10.4. The molecule has 9 heteroatoms. The van der Waals surface area contributed by atoms with Gasteiger partial charge in [-0.05, 0) is 116 Å². The Kier molecular flexibility index (Phi) is 69.2. The van der Waals surface area contributed by atoms with E-state index in [2.05, 4.69) is 160 Å².